The monoisotopic (exact) mass is 475 g/mol. The highest BCUT2D eigenvalue weighted by Crippen LogP contribution is 2.35. The number of hydrogen-bond acceptors (Lipinski definition) is 5. The van der Waals surface area contributed by atoms with Crippen LogP contribution in [0.4, 0.5) is 0 Å². The first-order valence-electron chi connectivity index (χ1n) is 10.3. The van der Waals surface area contributed by atoms with Crippen LogP contribution < -0.4 is 9.47 Å². The van der Waals surface area contributed by atoms with E-state index in [0.29, 0.717) is 45.7 Å². The van der Waals surface area contributed by atoms with Crippen molar-refractivity contribution in [3.8, 4) is 11.5 Å². The van der Waals surface area contributed by atoms with Gasteiger partial charge in [-0.15, -0.1) is 0 Å². The molecular weight excluding hydrogens is 450 g/mol. The second kappa shape index (κ2) is 11.0. The van der Waals surface area contributed by atoms with Gasteiger partial charge < -0.3 is 9.47 Å². The number of benzene rings is 2. The molecule has 1 aliphatic heterocycles. The Morgan fingerprint density at radius 3 is 2.48 bits per heavy atom. The molecule has 0 bridgehead atoms. The van der Waals surface area contributed by atoms with Crippen molar-refractivity contribution >= 4 is 51.9 Å². The predicted molar refractivity (Wildman–Crippen MR) is 133 cm³/mol. The molecule has 0 spiro atoms. The Morgan fingerprint density at radius 1 is 1.13 bits per heavy atom. The zero-order chi connectivity index (χ0) is 22.4. The van der Waals surface area contributed by atoms with E-state index in [0.717, 1.165) is 17.7 Å². The van der Waals surface area contributed by atoms with Crippen LogP contribution in [0.15, 0.2) is 47.4 Å². The van der Waals surface area contributed by atoms with Gasteiger partial charge in [-0.1, -0.05) is 61.6 Å². The summed E-state index contributed by atoms with van der Waals surface area (Å²) in [5.41, 5.74) is 2.05. The van der Waals surface area contributed by atoms with Crippen molar-refractivity contribution in [2.24, 2.45) is 0 Å². The SMILES string of the molecule is CCC(C)c1ccc(OCCOc2ccc(Cl)cc2C=C2SC(=S)N(CC)C2=O)cc1. The molecule has 0 saturated carbocycles. The number of carbonyl (C=O) groups excluding carboxylic acids is 1. The molecule has 1 amide bonds. The summed E-state index contributed by atoms with van der Waals surface area (Å²) in [6.07, 6.45) is 2.89. The van der Waals surface area contributed by atoms with Crippen LogP contribution in [0.2, 0.25) is 5.02 Å². The average Bonchev–Trinajstić information content (AvgIpc) is 3.04. The van der Waals surface area contributed by atoms with Crippen LogP contribution in [0.1, 0.15) is 44.2 Å². The Bertz CT molecular complexity index is 975. The van der Waals surface area contributed by atoms with Gasteiger partial charge in [0, 0.05) is 17.1 Å². The lowest BCUT2D eigenvalue weighted by molar-refractivity contribution is -0.121. The number of ether oxygens (including phenoxy) is 2. The number of thioether (sulfide) groups is 1. The topological polar surface area (TPSA) is 38.8 Å². The lowest BCUT2D eigenvalue weighted by Gasteiger charge is -2.13. The summed E-state index contributed by atoms with van der Waals surface area (Å²) in [5.74, 6) is 1.91. The Kier molecular flexibility index (Phi) is 8.41. The maximum Gasteiger partial charge on any atom is 0.266 e. The molecule has 31 heavy (non-hydrogen) atoms. The Balaban J connectivity index is 1.62. The second-order valence-corrected chi connectivity index (χ2v) is 9.30. The van der Waals surface area contributed by atoms with Crippen molar-refractivity contribution in [2.45, 2.75) is 33.1 Å². The molecule has 4 nitrogen and oxygen atoms in total. The van der Waals surface area contributed by atoms with Crippen LogP contribution in [0.3, 0.4) is 0 Å². The quantitative estimate of drug-likeness (QED) is 0.234. The number of likely N-dealkylation sites (N-methyl/N-ethyl adjacent to an activating group) is 1. The maximum atomic E-state index is 12.5. The molecule has 0 N–H and O–H groups in total. The maximum absolute atomic E-state index is 12.5. The van der Waals surface area contributed by atoms with E-state index in [1.807, 2.05) is 19.1 Å². The highest BCUT2D eigenvalue weighted by molar-refractivity contribution is 8.26. The van der Waals surface area contributed by atoms with E-state index in [1.54, 1.807) is 29.2 Å². The van der Waals surface area contributed by atoms with Crippen LogP contribution in [-0.2, 0) is 4.79 Å². The predicted octanol–water partition coefficient (Wildman–Crippen LogP) is 6.53. The van der Waals surface area contributed by atoms with Gasteiger partial charge in [-0.2, -0.15) is 0 Å². The van der Waals surface area contributed by atoms with Gasteiger partial charge in [-0.05, 0) is 61.2 Å². The number of thiocarbonyl (C=S) groups is 1. The molecule has 1 fully saturated rings. The first-order valence-corrected chi connectivity index (χ1v) is 11.9. The molecule has 1 atom stereocenters. The van der Waals surface area contributed by atoms with E-state index in [1.165, 1.54) is 17.3 Å². The highest BCUT2D eigenvalue weighted by atomic mass is 35.5. The molecule has 1 aliphatic rings. The number of carbonyl (C=O) groups is 1. The summed E-state index contributed by atoms with van der Waals surface area (Å²) in [4.78, 5) is 14.7. The van der Waals surface area contributed by atoms with Crippen LogP contribution in [0.25, 0.3) is 6.08 Å². The van der Waals surface area contributed by atoms with Crippen LogP contribution in [-0.4, -0.2) is 34.9 Å². The third kappa shape index (κ3) is 6.03. The highest BCUT2D eigenvalue weighted by Gasteiger charge is 2.30. The molecular formula is C24H26ClNO3S2. The van der Waals surface area contributed by atoms with Crippen LogP contribution in [0, 0.1) is 0 Å². The molecule has 1 heterocycles. The molecule has 3 rings (SSSR count). The average molecular weight is 476 g/mol. The zero-order valence-electron chi connectivity index (χ0n) is 17.9. The Morgan fingerprint density at radius 2 is 1.84 bits per heavy atom. The summed E-state index contributed by atoms with van der Waals surface area (Å²) in [5, 5.41) is 0.571. The first-order chi connectivity index (χ1) is 14.9. The smallest absolute Gasteiger partial charge is 0.266 e. The summed E-state index contributed by atoms with van der Waals surface area (Å²) in [7, 11) is 0. The zero-order valence-corrected chi connectivity index (χ0v) is 20.3. The van der Waals surface area contributed by atoms with Crippen molar-refractivity contribution in [3.05, 3.63) is 63.5 Å². The number of hydrogen-bond donors (Lipinski definition) is 0. The van der Waals surface area contributed by atoms with E-state index in [2.05, 4.69) is 26.0 Å². The molecule has 164 valence electrons. The van der Waals surface area contributed by atoms with E-state index >= 15 is 0 Å². The Hall–Kier alpha value is -2.02. The summed E-state index contributed by atoms with van der Waals surface area (Å²) >= 11 is 12.7. The minimum atomic E-state index is -0.0902. The van der Waals surface area contributed by atoms with Crippen LogP contribution >= 0.6 is 35.6 Å². The van der Waals surface area contributed by atoms with Gasteiger partial charge in [0.25, 0.3) is 5.91 Å². The molecule has 1 saturated heterocycles. The van der Waals surface area contributed by atoms with Gasteiger partial charge in [0.1, 0.15) is 29.0 Å². The minimum absolute atomic E-state index is 0.0902. The van der Waals surface area contributed by atoms with E-state index in [9.17, 15) is 4.79 Å². The van der Waals surface area contributed by atoms with E-state index in [-0.39, 0.29) is 5.91 Å². The van der Waals surface area contributed by atoms with Crippen molar-refractivity contribution < 1.29 is 14.3 Å². The second-order valence-electron chi connectivity index (χ2n) is 7.18. The molecule has 0 radical (unpaired) electrons. The van der Waals surface area contributed by atoms with Gasteiger partial charge in [0.2, 0.25) is 0 Å². The molecule has 1 unspecified atom stereocenters. The van der Waals surface area contributed by atoms with Gasteiger partial charge in [0.15, 0.2) is 0 Å². The standard InChI is InChI=1S/C24H26ClNO3S2/c1-4-16(3)17-6-9-20(10-7-17)28-12-13-29-21-11-8-19(25)14-18(21)15-22-23(27)26(5-2)24(30)31-22/h6-11,14-16H,4-5,12-13H2,1-3H3. The Labute approximate surface area is 198 Å². The third-order valence-corrected chi connectivity index (χ3v) is 6.73. The van der Waals surface area contributed by atoms with Gasteiger partial charge in [-0.25, -0.2) is 0 Å². The fraction of sp³-hybridized carbons (Fsp3) is 0.333. The van der Waals surface area contributed by atoms with Crippen molar-refractivity contribution in [3.63, 3.8) is 0 Å². The molecule has 2 aromatic rings. The fourth-order valence-corrected chi connectivity index (χ4v) is 4.67. The summed E-state index contributed by atoms with van der Waals surface area (Å²) < 4.78 is 12.3. The van der Waals surface area contributed by atoms with E-state index in [4.69, 9.17) is 33.3 Å². The fourth-order valence-electron chi connectivity index (χ4n) is 3.12. The molecule has 7 heteroatoms. The number of amides is 1. The first kappa shape index (κ1) is 23.6. The van der Waals surface area contributed by atoms with Crippen molar-refractivity contribution in [1.29, 1.82) is 0 Å². The summed E-state index contributed by atoms with van der Waals surface area (Å²) in [6.45, 7) is 7.63. The third-order valence-electron chi connectivity index (χ3n) is 5.12. The summed E-state index contributed by atoms with van der Waals surface area (Å²) in [6, 6.07) is 13.5. The minimum Gasteiger partial charge on any atom is -0.490 e. The van der Waals surface area contributed by atoms with Gasteiger partial charge in [-0.3, -0.25) is 9.69 Å². The van der Waals surface area contributed by atoms with Crippen LogP contribution in [0.5, 0.6) is 11.5 Å². The number of rotatable bonds is 9. The van der Waals surface area contributed by atoms with E-state index < -0.39 is 0 Å². The normalized spacial score (nSPS) is 16.1. The molecule has 0 aliphatic carbocycles. The molecule has 2 aromatic carbocycles. The lowest BCUT2D eigenvalue weighted by atomic mass is 9.99. The number of nitrogens with zero attached hydrogens (tertiary/aromatic N) is 1. The van der Waals surface area contributed by atoms with Crippen molar-refractivity contribution in [1.82, 2.24) is 4.90 Å². The van der Waals surface area contributed by atoms with Crippen molar-refractivity contribution in [2.75, 3.05) is 19.8 Å². The number of halogens is 1. The largest absolute Gasteiger partial charge is 0.490 e. The molecule has 0 aromatic heterocycles. The van der Waals surface area contributed by atoms with Gasteiger partial charge >= 0.3 is 0 Å². The van der Waals surface area contributed by atoms with Gasteiger partial charge in [0.05, 0.1) is 4.91 Å². The lowest BCUT2D eigenvalue weighted by Crippen LogP contribution is -2.27.